The molecular formula is C9H10BrN3S. The van der Waals surface area contributed by atoms with E-state index in [0.29, 0.717) is 0 Å². The molecule has 0 atom stereocenters. The molecule has 0 aliphatic heterocycles. The highest BCUT2D eigenvalue weighted by atomic mass is 79.9. The van der Waals surface area contributed by atoms with Crippen LogP contribution in [0.5, 0.6) is 0 Å². The number of anilines is 1. The Morgan fingerprint density at radius 3 is 2.50 bits per heavy atom. The summed E-state index contributed by atoms with van der Waals surface area (Å²) in [5, 5.41) is 2.71. The van der Waals surface area contributed by atoms with Crippen LogP contribution in [0.2, 0.25) is 0 Å². The fraction of sp³-hybridized carbons (Fsp3) is 0. The maximum Gasteiger partial charge on any atom is 0.197 e. The molecule has 0 bridgehead atoms. The lowest BCUT2D eigenvalue weighted by atomic mass is 10.2. The van der Waals surface area contributed by atoms with Crippen LogP contribution in [0, 0.1) is 0 Å². The number of hydrogen-bond acceptors (Lipinski definition) is 4. The molecule has 0 fully saturated rings. The van der Waals surface area contributed by atoms with Gasteiger partial charge in [-0.15, -0.1) is 28.3 Å². The Balaban J connectivity index is 0.000000980. The molecule has 0 aliphatic carbocycles. The van der Waals surface area contributed by atoms with Gasteiger partial charge in [0.2, 0.25) is 0 Å². The molecule has 1 heterocycles. The van der Waals surface area contributed by atoms with Crippen molar-refractivity contribution in [3.63, 3.8) is 0 Å². The summed E-state index contributed by atoms with van der Waals surface area (Å²) in [6.07, 6.45) is 0. The fourth-order valence-corrected chi connectivity index (χ4v) is 1.71. The zero-order valence-electron chi connectivity index (χ0n) is 7.31. The van der Waals surface area contributed by atoms with Gasteiger partial charge in [-0.25, -0.2) is 10.8 Å². The summed E-state index contributed by atoms with van der Waals surface area (Å²) in [6.45, 7) is 0. The predicted molar refractivity (Wildman–Crippen MR) is 65.7 cm³/mol. The van der Waals surface area contributed by atoms with Crippen molar-refractivity contribution in [2.45, 2.75) is 0 Å². The van der Waals surface area contributed by atoms with Gasteiger partial charge in [0.1, 0.15) is 0 Å². The molecule has 0 radical (unpaired) electrons. The van der Waals surface area contributed by atoms with Gasteiger partial charge in [-0.1, -0.05) is 30.3 Å². The van der Waals surface area contributed by atoms with Crippen LogP contribution in [-0.4, -0.2) is 4.98 Å². The van der Waals surface area contributed by atoms with Crippen molar-refractivity contribution < 1.29 is 0 Å². The van der Waals surface area contributed by atoms with Gasteiger partial charge in [-0.3, -0.25) is 5.43 Å². The molecule has 0 spiro atoms. The van der Waals surface area contributed by atoms with Crippen LogP contribution in [0.25, 0.3) is 11.3 Å². The summed E-state index contributed by atoms with van der Waals surface area (Å²) in [4.78, 5) is 4.28. The second kappa shape index (κ2) is 5.09. The average Bonchev–Trinajstić information content (AvgIpc) is 2.67. The Bertz CT molecular complexity index is 388. The van der Waals surface area contributed by atoms with Crippen molar-refractivity contribution in [2.75, 3.05) is 5.43 Å². The zero-order valence-corrected chi connectivity index (χ0v) is 9.83. The minimum Gasteiger partial charge on any atom is -0.300 e. The highest BCUT2D eigenvalue weighted by Gasteiger charge is 2.01. The van der Waals surface area contributed by atoms with Crippen LogP contribution < -0.4 is 11.3 Å². The van der Waals surface area contributed by atoms with Gasteiger partial charge in [0, 0.05) is 10.9 Å². The molecule has 0 amide bonds. The van der Waals surface area contributed by atoms with Gasteiger partial charge in [0.15, 0.2) is 5.13 Å². The van der Waals surface area contributed by atoms with Crippen LogP contribution in [0.3, 0.4) is 0 Å². The van der Waals surface area contributed by atoms with Crippen molar-refractivity contribution >= 4 is 33.4 Å². The van der Waals surface area contributed by atoms with Gasteiger partial charge in [0.05, 0.1) is 5.69 Å². The molecule has 3 nitrogen and oxygen atoms in total. The van der Waals surface area contributed by atoms with E-state index in [0.717, 1.165) is 16.4 Å². The minimum atomic E-state index is 0. The lowest BCUT2D eigenvalue weighted by Gasteiger charge is -1.93. The Morgan fingerprint density at radius 1 is 1.21 bits per heavy atom. The lowest BCUT2D eigenvalue weighted by molar-refractivity contribution is 1.29. The van der Waals surface area contributed by atoms with Crippen molar-refractivity contribution in [3.05, 3.63) is 35.7 Å². The highest BCUT2D eigenvalue weighted by molar-refractivity contribution is 8.93. The normalized spacial score (nSPS) is 9.21. The monoisotopic (exact) mass is 271 g/mol. The van der Waals surface area contributed by atoms with Crippen molar-refractivity contribution in [1.29, 1.82) is 0 Å². The number of thiazole rings is 1. The third-order valence-electron chi connectivity index (χ3n) is 1.70. The lowest BCUT2D eigenvalue weighted by Crippen LogP contribution is -2.05. The molecular weight excluding hydrogens is 262 g/mol. The summed E-state index contributed by atoms with van der Waals surface area (Å²) < 4.78 is 0. The minimum absolute atomic E-state index is 0. The maximum absolute atomic E-state index is 5.24. The quantitative estimate of drug-likeness (QED) is 0.652. The molecule has 0 unspecified atom stereocenters. The SMILES string of the molecule is Br.NNc1nc(-c2ccccc2)cs1. The maximum atomic E-state index is 5.24. The zero-order chi connectivity index (χ0) is 9.10. The van der Waals surface area contributed by atoms with Gasteiger partial charge < -0.3 is 0 Å². The standard InChI is InChI=1S/C9H9N3S.BrH/c10-12-9-11-8(6-13-9)7-4-2-1-3-5-7;/h1-6H,10H2,(H,11,12);1H. The van der Waals surface area contributed by atoms with E-state index in [4.69, 9.17) is 5.84 Å². The van der Waals surface area contributed by atoms with E-state index in [9.17, 15) is 0 Å². The summed E-state index contributed by atoms with van der Waals surface area (Å²) in [5.74, 6) is 5.24. The second-order valence-electron chi connectivity index (χ2n) is 2.55. The smallest absolute Gasteiger partial charge is 0.197 e. The summed E-state index contributed by atoms with van der Waals surface area (Å²) in [5.41, 5.74) is 4.59. The molecule has 3 N–H and O–H groups in total. The van der Waals surface area contributed by atoms with E-state index in [1.807, 2.05) is 35.7 Å². The predicted octanol–water partition coefficient (Wildman–Crippen LogP) is 2.67. The summed E-state index contributed by atoms with van der Waals surface area (Å²) in [7, 11) is 0. The third-order valence-corrected chi connectivity index (χ3v) is 2.47. The van der Waals surface area contributed by atoms with Crippen molar-refractivity contribution in [3.8, 4) is 11.3 Å². The molecule has 1 aromatic heterocycles. The summed E-state index contributed by atoms with van der Waals surface area (Å²) >= 11 is 1.50. The van der Waals surface area contributed by atoms with Crippen LogP contribution in [0.1, 0.15) is 0 Å². The Kier molecular flexibility index (Phi) is 4.06. The Hall–Kier alpha value is -0.910. The average molecular weight is 272 g/mol. The number of hydrogen-bond donors (Lipinski definition) is 2. The highest BCUT2D eigenvalue weighted by Crippen LogP contribution is 2.23. The number of nitrogens with zero attached hydrogens (tertiary/aromatic N) is 1. The largest absolute Gasteiger partial charge is 0.300 e. The molecule has 0 aliphatic rings. The molecule has 74 valence electrons. The van der Waals surface area contributed by atoms with Crippen LogP contribution >= 0.6 is 28.3 Å². The molecule has 2 rings (SSSR count). The molecule has 0 saturated carbocycles. The Morgan fingerprint density at radius 2 is 1.93 bits per heavy atom. The number of nitrogens with one attached hydrogen (secondary N) is 1. The van der Waals surface area contributed by atoms with Crippen molar-refractivity contribution in [2.24, 2.45) is 5.84 Å². The van der Waals surface area contributed by atoms with Crippen LogP contribution in [-0.2, 0) is 0 Å². The van der Waals surface area contributed by atoms with Gasteiger partial charge in [-0.05, 0) is 0 Å². The molecule has 0 saturated heterocycles. The first-order valence-electron chi connectivity index (χ1n) is 3.88. The first kappa shape index (κ1) is 11.2. The van der Waals surface area contributed by atoms with E-state index in [-0.39, 0.29) is 17.0 Å². The van der Waals surface area contributed by atoms with E-state index in [1.165, 1.54) is 11.3 Å². The Labute approximate surface area is 96.7 Å². The number of benzene rings is 1. The number of rotatable bonds is 2. The number of halogens is 1. The van der Waals surface area contributed by atoms with E-state index in [1.54, 1.807) is 0 Å². The second-order valence-corrected chi connectivity index (χ2v) is 3.41. The molecule has 5 heteroatoms. The van der Waals surface area contributed by atoms with Gasteiger partial charge >= 0.3 is 0 Å². The van der Waals surface area contributed by atoms with Crippen LogP contribution in [0.15, 0.2) is 35.7 Å². The van der Waals surface area contributed by atoms with E-state index >= 15 is 0 Å². The fourth-order valence-electron chi connectivity index (χ4n) is 1.08. The topological polar surface area (TPSA) is 50.9 Å². The molecule has 1 aromatic carbocycles. The van der Waals surface area contributed by atoms with Gasteiger partial charge in [0.25, 0.3) is 0 Å². The first-order chi connectivity index (χ1) is 6.40. The van der Waals surface area contributed by atoms with Gasteiger partial charge in [-0.2, -0.15) is 0 Å². The number of hydrazine groups is 1. The number of nitrogens with two attached hydrogens (primary N) is 1. The van der Waals surface area contributed by atoms with E-state index < -0.39 is 0 Å². The molecule has 14 heavy (non-hydrogen) atoms. The number of aromatic nitrogens is 1. The number of nitrogen functional groups attached to an aromatic ring is 1. The van der Waals surface area contributed by atoms with Crippen molar-refractivity contribution in [1.82, 2.24) is 4.98 Å². The third kappa shape index (κ3) is 2.31. The molecule has 2 aromatic rings. The van der Waals surface area contributed by atoms with Crippen LogP contribution in [0.4, 0.5) is 5.13 Å². The summed E-state index contributed by atoms with van der Waals surface area (Å²) in [6, 6.07) is 10.0. The van der Waals surface area contributed by atoms with E-state index in [2.05, 4.69) is 10.4 Å². The first-order valence-corrected chi connectivity index (χ1v) is 4.75.